The van der Waals surface area contributed by atoms with Gasteiger partial charge in [-0.2, -0.15) is 5.26 Å². The van der Waals surface area contributed by atoms with Crippen LogP contribution in [0.2, 0.25) is 0 Å². The van der Waals surface area contributed by atoms with Gasteiger partial charge >= 0.3 is 0 Å². The fourth-order valence-electron chi connectivity index (χ4n) is 3.39. The van der Waals surface area contributed by atoms with Crippen LogP contribution < -0.4 is 10.2 Å². The van der Waals surface area contributed by atoms with Crippen molar-refractivity contribution in [2.45, 2.75) is 38.1 Å². The lowest BCUT2D eigenvalue weighted by atomic mass is 9.86. The number of benzene rings is 1. The zero-order valence-corrected chi connectivity index (χ0v) is 12.7. The van der Waals surface area contributed by atoms with E-state index in [1.807, 2.05) is 0 Å². The summed E-state index contributed by atoms with van der Waals surface area (Å²) >= 11 is 0. The minimum absolute atomic E-state index is 0.227. The fourth-order valence-corrected chi connectivity index (χ4v) is 3.39. The Morgan fingerprint density at radius 2 is 2.04 bits per heavy atom. The van der Waals surface area contributed by atoms with E-state index >= 15 is 0 Å². The number of halogens is 1. The minimum atomic E-state index is -1.01. The summed E-state index contributed by atoms with van der Waals surface area (Å²) in [6.45, 7) is 0.351. The quantitative estimate of drug-likeness (QED) is 0.928. The molecule has 1 aromatic carbocycles. The molecule has 5 nitrogen and oxygen atoms in total. The van der Waals surface area contributed by atoms with E-state index in [9.17, 15) is 19.2 Å². The molecule has 120 valence electrons. The van der Waals surface area contributed by atoms with E-state index in [-0.39, 0.29) is 17.5 Å². The van der Waals surface area contributed by atoms with Gasteiger partial charge in [-0.25, -0.2) is 4.39 Å². The van der Waals surface area contributed by atoms with Gasteiger partial charge in [0.25, 0.3) is 0 Å². The lowest BCUT2D eigenvalue weighted by Gasteiger charge is -2.22. The minimum Gasteiger partial charge on any atom is -0.343 e. The van der Waals surface area contributed by atoms with Gasteiger partial charge in [-0.1, -0.05) is 25.0 Å². The Bertz CT molecular complexity index is 677. The summed E-state index contributed by atoms with van der Waals surface area (Å²) in [6, 6.07) is 7.52. The molecular formula is C17H18FN3O2. The molecule has 0 bridgehead atoms. The van der Waals surface area contributed by atoms with Crippen LogP contribution in [0.25, 0.3) is 0 Å². The molecule has 1 aliphatic heterocycles. The Morgan fingerprint density at radius 3 is 2.70 bits per heavy atom. The van der Waals surface area contributed by atoms with Gasteiger partial charge in [0, 0.05) is 6.54 Å². The van der Waals surface area contributed by atoms with E-state index < -0.39 is 17.3 Å². The van der Waals surface area contributed by atoms with E-state index in [0.29, 0.717) is 25.8 Å². The number of carbonyl (C=O) groups is 2. The molecule has 2 amide bonds. The number of nitriles is 1. The van der Waals surface area contributed by atoms with Crippen LogP contribution in [0.15, 0.2) is 24.3 Å². The molecule has 1 N–H and O–H groups in total. The number of carbonyl (C=O) groups excluding carboxylic acids is 2. The summed E-state index contributed by atoms with van der Waals surface area (Å²) in [5, 5.41) is 12.0. The van der Waals surface area contributed by atoms with Gasteiger partial charge in [-0.15, -0.1) is 0 Å². The number of hydrogen-bond acceptors (Lipinski definition) is 3. The van der Waals surface area contributed by atoms with Gasteiger partial charge in [0.05, 0.1) is 11.8 Å². The van der Waals surface area contributed by atoms with E-state index in [1.54, 1.807) is 18.2 Å². The third kappa shape index (κ3) is 2.67. The molecule has 1 saturated heterocycles. The van der Waals surface area contributed by atoms with Crippen LogP contribution in [-0.2, 0) is 9.59 Å². The van der Waals surface area contributed by atoms with Crippen molar-refractivity contribution in [3.8, 4) is 6.07 Å². The predicted octanol–water partition coefficient (Wildman–Crippen LogP) is 2.13. The van der Waals surface area contributed by atoms with Crippen molar-refractivity contribution in [1.82, 2.24) is 5.32 Å². The SMILES string of the molecule is N#CC1(C(=O)N[C@@H]2CCN(c3ccccc3F)C2=O)CCCC1. The smallest absolute Gasteiger partial charge is 0.249 e. The van der Waals surface area contributed by atoms with Crippen molar-refractivity contribution in [2.24, 2.45) is 5.41 Å². The monoisotopic (exact) mass is 315 g/mol. The first kappa shape index (κ1) is 15.5. The molecule has 1 aromatic rings. The first-order valence-corrected chi connectivity index (χ1v) is 7.85. The van der Waals surface area contributed by atoms with Gasteiger partial charge in [-0.05, 0) is 31.4 Å². The number of para-hydroxylation sites is 1. The second kappa shape index (κ2) is 5.99. The van der Waals surface area contributed by atoms with Crippen LogP contribution in [0.5, 0.6) is 0 Å². The number of nitrogens with one attached hydrogen (secondary N) is 1. The summed E-state index contributed by atoms with van der Waals surface area (Å²) < 4.78 is 13.8. The van der Waals surface area contributed by atoms with Gasteiger partial charge in [0.1, 0.15) is 17.3 Å². The second-order valence-electron chi connectivity index (χ2n) is 6.16. The van der Waals surface area contributed by atoms with Crippen molar-refractivity contribution in [3.05, 3.63) is 30.1 Å². The average molecular weight is 315 g/mol. The maximum atomic E-state index is 13.8. The summed E-state index contributed by atoms with van der Waals surface area (Å²) in [5.74, 6) is -1.15. The van der Waals surface area contributed by atoms with E-state index in [2.05, 4.69) is 11.4 Å². The fraction of sp³-hybridized carbons (Fsp3) is 0.471. The molecular weight excluding hydrogens is 297 g/mol. The zero-order valence-electron chi connectivity index (χ0n) is 12.7. The number of hydrogen-bond donors (Lipinski definition) is 1. The van der Waals surface area contributed by atoms with Gasteiger partial charge in [-0.3, -0.25) is 9.59 Å². The Labute approximate surface area is 134 Å². The van der Waals surface area contributed by atoms with Crippen LogP contribution in [0.1, 0.15) is 32.1 Å². The van der Waals surface area contributed by atoms with Crippen LogP contribution >= 0.6 is 0 Å². The van der Waals surface area contributed by atoms with Crippen LogP contribution in [0.3, 0.4) is 0 Å². The van der Waals surface area contributed by atoms with Crippen molar-refractivity contribution >= 4 is 17.5 Å². The molecule has 0 spiro atoms. The number of nitrogens with zero attached hydrogens (tertiary/aromatic N) is 2. The maximum Gasteiger partial charge on any atom is 0.249 e. The molecule has 1 atom stereocenters. The maximum absolute atomic E-state index is 13.8. The Hall–Kier alpha value is -2.42. The molecule has 0 unspecified atom stereocenters. The molecule has 2 fully saturated rings. The highest BCUT2D eigenvalue weighted by atomic mass is 19.1. The number of amides is 2. The first-order chi connectivity index (χ1) is 11.1. The van der Waals surface area contributed by atoms with Crippen molar-refractivity contribution in [2.75, 3.05) is 11.4 Å². The van der Waals surface area contributed by atoms with Crippen molar-refractivity contribution < 1.29 is 14.0 Å². The second-order valence-corrected chi connectivity index (χ2v) is 6.16. The van der Waals surface area contributed by atoms with E-state index in [1.165, 1.54) is 11.0 Å². The number of anilines is 1. The summed E-state index contributed by atoms with van der Waals surface area (Å²) in [4.78, 5) is 26.2. The highest BCUT2D eigenvalue weighted by Crippen LogP contribution is 2.38. The highest BCUT2D eigenvalue weighted by Gasteiger charge is 2.44. The standard InChI is InChI=1S/C17H18FN3O2/c18-12-5-1-2-6-14(12)21-10-7-13(15(21)22)20-16(23)17(11-19)8-3-4-9-17/h1-2,5-6,13H,3-4,7-10H2,(H,20,23)/t13-/m1/s1. The summed E-state index contributed by atoms with van der Waals surface area (Å²) in [5.41, 5.74) is -0.781. The van der Waals surface area contributed by atoms with Gasteiger partial charge in [0.2, 0.25) is 11.8 Å². The topological polar surface area (TPSA) is 73.2 Å². The predicted molar refractivity (Wildman–Crippen MR) is 81.8 cm³/mol. The Kier molecular flexibility index (Phi) is 4.03. The third-order valence-electron chi connectivity index (χ3n) is 4.76. The lowest BCUT2D eigenvalue weighted by molar-refractivity contribution is -0.131. The average Bonchev–Trinajstić information content (AvgIpc) is 3.17. The summed E-state index contributed by atoms with van der Waals surface area (Å²) in [7, 11) is 0. The molecule has 23 heavy (non-hydrogen) atoms. The van der Waals surface area contributed by atoms with Gasteiger partial charge in [0.15, 0.2) is 0 Å². The lowest BCUT2D eigenvalue weighted by Crippen LogP contribution is -2.47. The summed E-state index contributed by atoms with van der Waals surface area (Å²) in [6.07, 6.45) is 3.18. The van der Waals surface area contributed by atoms with Crippen LogP contribution in [0.4, 0.5) is 10.1 Å². The zero-order chi connectivity index (χ0) is 16.4. The van der Waals surface area contributed by atoms with E-state index in [4.69, 9.17) is 0 Å². The van der Waals surface area contributed by atoms with Crippen molar-refractivity contribution in [1.29, 1.82) is 5.26 Å². The molecule has 1 heterocycles. The molecule has 0 aromatic heterocycles. The van der Waals surface area contributed by atoms with Crippen LogP contribution in [0, 0.1) is 22.6 Å². The third-order valence-corrected chi connectivity index (χ3v) is 4.76. The first-order valence-electron chi connectivity index (χ1n) is 7.85. The molecule has 1 aliphatic carbocycles. The Morgan fingerprint density at radius 1 is 1.35 bits per heavy atom. The number of rotatable bonds is 3. The Balaban J connectivity index is 1.72. The van der Waals surface area contributed by atoms with Crippen molar-refractivity contribution in [3.63, 3.8) is 0 Å². The van der Waals surface area contributed by atoms with Gasteiger partial charge < -0.3 is 10.2 Å². The normalized spacial score (nSPS) is 22.9. The molecule has 2 aliphatic rings. The van der Waals surface area contributed by atoms with E-state index in [0.717, 1.165) is 12.8 Å². The highest BCUT2D eigenvalue weighted by molar-refractivity contribution is 6.02. The molecule has 1 saturated carbocycles. The molecule has 6 heteroatoms. The molecule has 3 rings (SSSR count). The molecule has 0 radical (unpaired) electrons. The van der Waals surface area contributed by atoms with Crippen LogP contribution in [-0.4, -0.2) is 24.4 Å². The largest absolute Gasteiger partial charge is 0.343 e.